The second kappa shape index (κ2) is 5.05. The minimum Gasteiger partial charge on any atom is -0.386 e. The topological polar surface area (TPSA) is 63.0 Å². The molecule has 0 saturated heterocycles. The van der Waals surface area contributed by atoms with Gasteiger partial charge in [-0.3, -0.25) is 0 Å². The lowest BCUT2D eigenvalue weighted by Crippen LogP contribution is -2.10. The van der Waals surface area contributed by atoms with Crippen LogP contribution in [0, 0.1) is 0 Å². The highest BCUT2D eigenvalue weighted by atomic mass is 15.0. The average molecular weight is 204 g/mol. The summed E-state index contributed by atoms with van der Waals surface area (Å²) in [6, 6.07) is 3.66. The van der Waals surface area contributed by atoms with Crippen LogP contribution in [0.1, 0.15) is 5.69 Å². The fourth-order valence-electron chi connectivity index (χ4n) is 1.28. The maximum Gasteiger partial charge on any atom is 0.124 e. The number of nitrogen functional groups attached to an aromatic ring is 1. The van der Waals surface area contributed by atoms with Gasteiger partial charge >= 0.3 is 0 Å². The number of allylic oxidation sites excluding steroid dienone is 2. The number of pyridine rings is 1. The monoisotopic (exact) mass is 204 g/mol. The zero-order chi connectivity index (χ0) is 11.3. The van der Waals surface area contributed by atoms with Crippen molar-refractivity contribution in [1.82, 2.24) is 10.3 Å². The number of nitrogens with two attached hydrogens (primary N) is 1. The van der Waals surface area contributed by atoms with Crippen molar-refractivity contribution in [3.8, 4) is 0 Å². The van der Waals surface area contributed by atoms with Gasteiger partial charge in [0.1, 0.15) is 11.5 Å². The highest BCUT2D eigenvalue weighted by molar-refractivity contribution is 5.74. The maximum atomic E-state index is 5.65. The van der Waals surface area contributed by atoms with E-state index >= 15 is 0 Å². The fraction of sp³-hybridized carbons (Fsp3) is 0.182. The largest absolute Gasteiger partial charge is 0.386 e. The van der Waals surface area contributed by atoms with E-state index in [-0.39, 0.29) is 0 Å². The van der Waals surface area contributed by atoms with Gasteiger partial charge in [-0.25, -0.2) is 4.98 Å². The third-order valence-electron chi connectivity index (χ3n) is 2.00. The van der Waals surface area contributed by atoms with E-state index in [1.165, 1.54) is 0 Å². The molecule has 4 nitrogen and oxygen atoms in total. The lowest BCUT2D eigenvalue weighted by atomic mass is 10.2. The molecule has 0 radical (unpaired) electrons. The zero-order valence-corrected chi connectivity index (χ0v) is 9.04. The van der Waals surface area contributed by atoms with Gasteiger partial charge < -0.3 is 16.4 Å². The van der Waals surface area contributed by atoms with E-state index in [0.29, 0.717) is 5.82 Å². The highest BCUT2D eigenvalue weighted by Gasteiger charge is 2.07. The molecule has 0 bridgehead atoms. The Kier molecular flexibility index (Phi) is 3.74. The van der Waals surface area contributed by atoms with Gasteiger partial charge in [-0.1, -0.05) is 12.7 Å². The molecular formula is C11H16N4. The molecule has 0 aliphatic rings. The second-order valence-corrected chi connectivity index (χ2v) is 2.95. The summed E-state index contributed by atoms with van der Waals surface area (Å²) < 4.78 is 0. The number of hydrogen-bond donors (Lipinski definition) is 3. The molecule has 80 valence electrons. The zero-order valence-electron chi connectivity index (χ0n) is 9.04. The summed E-state index contributed by atoms with van der Waals surface area (Å²) in [4.78, 5) is 4.27. The minimum absolute atomic E-state index is 0.495. The van der Waals surface area contributed by atoms with Crippen LogP contribution in [-0.2, 0) is 0 Å². The molecule has 1 aromatic heterocycles. The van der Waals surface area contributed by atoms with Gasteiger partial charge in [-0.05, 0) is 18.2 Å². The molecule has 1 heterocycles. The van der Waals surface area contributed by atoms with E-state index in [1.54, 1.807) is 12.1 Å². The molecule has 0 aromatic carbocycles. The van der Waals surface area contributed by atoms with Crippen LogP contribution in [0.2, 0.25) is 0 Å². The first-order chi connectivity index (χ1) is 7.22. The minimum atomic E-state index is 0.495. The summed E-state index contributed by atoms with van der Waals surface area (Å²) >= 11 is 0. The van der Waals surface area contributed by atoms with Gasteiger partial charge in [-0.15, -0.1) is 0 Å². The molecule has 0 atom stereocenters. The molecule has 0 aliphatic heterocycles. The fourth-order valence-corrected chi connectivity index (χ4v) is 1.28. The predicted molar refractivity (Wildman–Crippen MR) is 65.4 cm³/mol. The molecule has 1 rings (SSSR count). The average Bonchev–Trinajstić information content (AvgIpc) is 2.26. The molecule has 0 fully saturated rings. The Labute approximate surface area is 89.9 Å². The number of rotatable bonds is 4. The Bertz CT molecular complexity index is 382. The first-order valence-electron chi connectivity index (χ1n) is 4.68. The van der Waals surface area contributed by atoms with Gasteiger partial charge in [0.15, 0.2) is 0 Å². The second-order valence-electron chi connectivity index (χ2n) is 2.95. The van der Waals surface area contributed by atoms with E-state index in [2.05, 4.69) is 22.2 Å². The normalized spacial score (nSPS) is 10.9. The van der Waals surface area contributed by atoms with Crippen LogP contribution in [0.25, 0.3) is 5.70 Å². The SMILES string of the molecule is C=C/C=C(/NC)c1nc(N)ccc1NC. The molecule has 4 heteroatoms. The van der Waals surface area contributed by atoms with Gasteiger partial charge in [0.05, 0.1) is 11.4 Å². The van der Waals surface area contributed by atoms with Crippen LogP contribution >= 0.6 is 0 Å². The Balaban J connectivity index is 3.25. The van der Waals surface area contributed by atoms with E-state index in [9.17, 15) is 0 Å². The van der Waals surface area contributed by atoms with Gasteiger partial charge in [0.2, 0.25) is 0 Å². The molecule has 0 unspecified atom stereocenters. The number of aromatic nitrogens is 1. The highest BCUT2D eigenvalue weighted by Crippen LogP contribution is 2.20. The molecule has 1 aromatic rings. The molecule has 0 amide bonds. The lowest BCUT2D eigenvalue weighted by Gasteiger charge is -2.11. The van der Waals surface area contributed by atoms with Crippen molar-refractivity contribution in [3.63, 3.8) is 0 Å². The summed E-state index contributed by atoms with van der Waals surface area (Å²) in [5.41, 5.74) is 8.24. The van der Waals surface area contributed by atoms with Gasteiger partial charge in [0.25, 0.3) is 0 Å². The first-order valence-corrected chi connectivity index (χ1v) is 4.68. The van der Waals surface area contributed by atoms with Crippen LogP contribution < -0.4 is 16.4 Å². The molecule has 4 N–H and O–H groups in total. The summed E-state index contributed by atoms with van der Waals surface area (Å²) in [7, 11) is 3.68. The summed E-state index contributed by atoms with van der Waals surface area (Å²) in [6.45, 7) is 3.66. The molecule has 0 saturated carbocycles. The number of nitrogens with zero attached hydrogens (tertiary/aromatic N) is 1. The third-order valence-corrected chi connectivity index (χ3v) is 2.00. The maximum absolute atomic E-state index is 5.65. The van der Waals surface area contributed by atoms with Gasteiger partial charge in [0, 0.05) is 14.1 Å². The van der Waals surface area contributed by atoms with Crippen molar-refractivity contribution in [2.45, 2.75) is 0 Å². The van der Waals surface area contributed by atoms with Crippen LogP contribution in [-0.4, -0.2) is 19.1 Å². The van der Waals surface area contributed by atoms with Crippen LogP contribution in [0.5, 0.6) is 0 Å². The number of hydrogen-bond acceptors (Lipinski definition) is 4. The summed E-state index contributed by atoms with van der Waals surface area (Å²) in [5, 5.41) is 6.12. The van der Waals surface area contributed by atoms with Crippen molar-refractivity contribution in [2.24, 2.45) is 0 Å². The van der Waals surface area contributed by atoms with E-state index in [1.807, 2.05) is 26.2 Å². The van der Waals surface area contributed by atoms with Crippen molar-refractivity contribution in [3.05, 3.63) is 36.6 Å². The van der Waals surface area contributed by atoms with E-state index in [4.69, 9.17) is 5.73 Å². The number of nitrogens with one attached hydrogen (secondary N) is 2. The van der Waals surface area contributed by atoms with Gasteiger partial charge in [-0.2, -0.15) is 0 Å². The molecule has 15 heavy (non-hydrogen) atoms. The first kappa shape index (κ1) is 11.1. The molecule has 0 aliphatic carbocycles. The standard InChI is InChI=1S/C11H16N4/c1-4-5-8(13-2)11-9(14-3)6-7-10(12)15-11/h4-7,13-14H,1H2,2-3H3,(H2,12,15)/b8-5+. The van der Waals surface area contributed by atoms with E-state index in [0.717, 1.165) is 17.1 Å². The Hall–Kier alpha value is -1.97. The van der Waals surface area contributed by atoms with Crippen LogP contribution in [0.15, 0.2) is 30.9 Å². The van der Waals surface area contributed by atoms with Crippen LogP contribution in [0.4, 0.5) is 11.5 Å². The van der Waals surface area contributed by atoms with Crippen molar-refractivity contribution < 1.29 is 0 Å². The summed E-state index contributed by atoms with van der Waals surface area (Å²) in [6.07, 6.45) is 3.55. The van der Waals surface area contributed by atoms with Crippen molar-refractivity contribution in [1.29, 1.82) is 0 Å². The van der Waals surface area contributed by atoms with Crippen molar-refractivity contribution >= 4 is 17.2 Å². The lowest BCUT2D eigenvalue weighted by molar-refractivity contribution is 1.09. The van der Waals surface area contributed by atoms with Crippen molar-refractivity contribution in [2.75, 3.05) is 25.1 Å². The Morgan fingerprint density at radius 3 is 2.73 bits per heavy atom. The molecular weight excluding hydrogens is 188 g/mol. The Morgan fingerprint density at radius 2 is 2.20 bits per heavy atom. The predicted octanol–water partition coefficient (Wildman–Crippen LogP) is 1.45. The Morgan fingerprint density at radius 1 is 1.47 bits per heavy atom. The molecule has 0 spiro atoms. The van der Waals surface area contributed by atoms with E-state index < -0.39 is 0 Å². The van der Waals surface area contributed by atoms with Crippen LogP contribution in [0.3, 0.4) is 0 Å². The summed E-state index contributed by atoms with van der Waals surface area (Å²) in [5.74, 6) is 0.495. The quantitative estimate of drug-likeness (QED) is 0.650. The smallest absolute Gasteiger partial charge is 0.124 e. The number of anilines is 2. The third kappa shape index (κ3) is 2.49.